The SMILES string of the molecule is NC(=O)C1CCCN1C(=O)C[C@@H]1O[C@H](CO)[C@@H](O)C(O)C1O. The maximum absolute atomic E-state index is 12.3. The molecular formula is C13H22N2O7. The Morgan fingerprint density at radius 3 is 2.36 bits per heavy atom. The zero-order chi connectivity index (χ0) is 16.4. The largest absolute Gasteiger partial charge is 0.394 e. The standard InChI is InChI=1S/C13H22N2O7/c14-13(21)6-2-1-3-15(6)9(17)4-7-10(18)12(20)11(19)8(5-16)22-7/h6-8,10-12,16,18-20H,1-5H2,(H2,14,21)/t6?,7-,8+,10?,11+,12?/m0/s1. The summed E-state index contributed by atoms with van der Waals surface area (Å²) in [7, 11) is 0. The Balaban J connectivity index is 2.02. The number of primary amides is 1. The highest BCUT2D eigenvalue weighted by Gasteiger charge is 2.45. The minimum absolute atomic E-state index is 0.273. The molecular weight excluding hydrogens is 296 g/mol. The number of rotatable bonds is 4. The summed E-state index contributed by atoms with van der Waals surface area (Å²) in [4.78, 5) is 24.9. The molecule has 9 heteroatoms. The van der Waals surface area contributed by atoms with Gasteiger partial charge in [-0.05, 0) is 12.8 Å². The molecule has 0 aromatic rings. The van der Waals surface area contributed by atoms with Crippen LogP contribution in [-0.4, -0.2) is 86.9 Å². The van der Waals surface area contributed by atoms with Crippen LogP contribution in [0.4, 0.5) is 0 Å². The highest BCUT2D eigenvalue weighted by Crippen LogP contribution is 2.25. The molecule has 9 nitrogen and oxygen atoms in total. The number of aliphatic hydroxyl groups excluding tert-OH is 4. The monoisotopic (exact) mass is 318 g/mol. The van der Waals surface area contributed by atoms with Gasteiger partial charge in [0.15, 0.2) is 0 Å². The topological polar surface area (TPSA) is 154 Å². The first-order valence-electron chi connectivity index (χ1n) is 7.26. The van der Waals surface area contributed by atoms with Gasteiger partial charge in [0.2, 0.25) is 11.8 Å². The molecule has 0 aromatic heterocycles. The van der Waals surface area contributed by atoms with Gasteiger partial charge in [0.05, 0.1) is 19.1 Å². The Hall–Kier alpha value is -1.26. The Kier molecular flexibility index (Phi) is 5.35. The van der Waals surface area contributed by atoms with E-state index in [1.54, 1.807) is 0 Å². The van der Waals surface area contributed by atoms with Crippen LogP contribution in [0.3, 0.4) is 0 Å². The van der Waals surface area contributed by atoms with Gasteiger partial charge < -0.3 is 35.8 Å². The van der Waals surface area contributed by atoms with Gasteiger partial charge in [-0.25, -0.2) is 0 Å². The van der Waals surface area contributed by atoms with Crippen LogP contribution in [0.1, 0.15) is 19.3 Å². The minimum Gasteiger partial charge on any atom is -0.394 e. The van der Waals surface area contributed by atoms with Gasteiger partial charge in [0, 0.05) is 6.54 Å². The van der Waals surface area contributed by atoms with Crippen molar-refractivity contribution in [3.63, 3.8) is 0 Å². The number of nitrogens with two attached hydrogens (primary N) is 1. The summed E-state index contributed by atoms with van der Waals surface area (Å²) in [6.45, 7) is -0.160. The number of ether oxygens (including phenoxy) is 1. The molecule has 6 N–H and O–H groups in total. The van der Waals surface area contributed by atoms with Gasteiger partial charge in [-0.15, -0.1) is 0 Å². The lowest BCUT2D eigenvalue weighted by Crippen LogP contribution is -2.59. The van der Waals surface area contributed by atoms with Gasteiger partial charge in [-0.1, -0.05) is 0 Å². The summed E-state index contributed by atoms with van der Waals surface area (Å²) in [6, 6.07) is -0.669. The van der Waals surface area contributed by atoms with E-state index in [4.69, 9.17) is 15.6 Å². The third kappa shape index (κ3) is 3.23. The molecule has 126 valence electrons. The smallest absolute Gasteiger partial charge is 0.240 e. The molecule has 2 saturated heterocycles. The molecule has 0 aliphatic carbocycles. The van der Waals surface area contributed by atoms with Crippen LogP contribution in [-0.2, 0) is 14.3 Å². The second-order valence-corrected chi connectivity index (χ2v) is 5.72. The molecule has 2 fully saturated rings. The number of aliphatic hydroxyl groups is 4. The van der Waals surface area contributed by atoms with Crippen LogP contribution in [0.2, 0.25) is 0 Å². The fraction of sp³-hybridized carbons (Fsp3) is 0.846. The van der Waals surface area contributed by atoms with Crippen molar-refractivity contribution in [2.75, 3.05) is 13.2 Å². The van der Waals surface area contributed by atoms with Crippen molar-refractivity contribution in [2.24, 2.45) is 5.73 Å². The number of carbonyl (C=O) groups excluding carboxylic acids is 2. The molecule has 2 aliphatic rings. The molecule has 0 radical (unpaired) electrons. The predicted molar refractivity (Wildman–Crippen MR) is 72.3 cm³/mol. The lowest BCUT2D eigenvalue weighted by Gasteiger charge is -2.40. The van der Waals surface area contributed by atoms with Crippen LogP contribution >= 0.6 is 0 Å². The highest BCUT2D eigenvalue weighted by atomic mass is 16.5. The zero-order valence-electron chi connectivity index (χ0n) is 12.0. The molecule has 6 atom stereocenters. The Morgan fingerprint density at radius 1 is 1.14 bits per heavy atom. The van der Waals surface area contributed by atoms with E-state index in [9.17, 15) is 24.9 Å². The molecule has 0 bridgehead atoms. The van der Waals surface area contributed by atoms with E-state index in [1.807, 2.05) is 0 Å². The van der Waals surface area contributed by atoms with E-state index in [0.29, 0.717) is 19.4 Å². The van der Waals surface area contributed by atoms with E-state index >= 15 is 0 Å². The molecule has 2 heterocycles. The quantitative estimate of drug-likeness (QED) is 0.364. The van der Waals surface area contributed by atoms with Crippen LogP contribution in [0.15, 0.2) is 0 Å². The summed E-state index contributed by atoms with van der Waals surface area (Å²) in [6.07, 6.45) is -5.68. The number of amides is 2. The van der Waals surface area contributed by atoms with E-state index in [-0.39, 0.29) is 6.42 Å². The normalized spacial score (nSPS) is 39.0. The molecule has 0 saturated carbocycles. The van der Waals surface area contributed by atoms with Gasteiger partial charge >= 0.3 is 0 Å². The first kappa shape index (κ1) is 17.1. The van der Waals surface area contributed by atoms with Gasteiger partial charge in [0.1, 0.15) is 30.5 Å². The summed E-state index contributed by atoms with van der Waals surface area (Å²) < 4.78 is 5.28. The first-order valence-corrected chi connectivity index (χ1v) is 7.26. The van der Waals surface area contributed by atoms with Gasteiger partial charge in [0.25, 0.3) is 0 Å². The van der Waals surface area contributed by atoms with Gasteiger partial charge in [-0.2, -0.15) is 0 Å². The van der Waals surface area contributed by atoms with Crippen LogP contribution < -0.4 is 5.73 Å². The predicted octanol–water partition coefficient (Wildman–Crippen LogP) is -3.30. The number of hydrogen-bond acceptors (Lipinski definition) is 7. The highest BCUT2D eigenvalue weighted by molar-refractivity contribution is 5.87. The van der Waals surface area contributed by atoms with Crippen LogP contribution in [0, 0.1) is 0 Å². The van der Waals surface area contributed by atoms with Crippen molar-refractivity contribution in [3.8, 4) is 0 Å². The molecule has 2 aliphatic heterocycles. The summed E-state index contributed by atoms with van der Waals surface area (Å²) >= 11 is 0. The van der Waals surface area contributed by atoms with Crippen molar-refractivity contribution in [2.45, 2.75) is 55.8 Å². The molecule has 2 rings (SSSR count). The van der Waals surface area contributed by atoms with Crippen LogP contribution in [0.25, 0.3) is 0 Å². The Bertz CT molecular complexity index is 431. The third-order valence-corrected chi connectivity index (χ3v) is 4.27. The minimum atomic E-state index is -1.52. The van der Waals surface area contributed by atoms with E-state index in [0.717, 1.165) is 0 Å². The van der Waals surface area contributed by atoms with E-state index in [2.05, 4.69) is 0 Å². The second-order valence-electron chi connectivity index (χ2n) is 5.72. The molecule has 0 aromatic carbocycles. The van der Waals surface area contributed by atoms with Crippen LogP contribution in [0.5, 0.6) is 0 Å². The second kappa shape index (κ2) is 6.88. The fourth-order valence-corrected chi connectivity index (χ4v) is 3.00. The Labute approximate surface area is 127 Å². The number of hydrogen-bond donors (Lipinski definition) is 5. The summed E-state index contributed by atoms with van der Waals surface area (Å²) in [5.41, 5.74) is 5.25. The van der Waals surface area contributed by atoms with Crippen molar-refractivity contribution in [1.82, 2.24) is 4.90 Å². The number of likely N-dealkylation sites (tertiary alicyclic amines) is 1. The molecule has 2 amide bonds. The van der Waals surface area contributed by atoms with E-state index < -0.39 is 55.0 Å². The molecule has 3 unspecified atom stereocenters. The lowest BCUT2D eigenvalue weighted by atomic mass is 9.93. The van der Waals surface area contributed by atoms with Crippen molar-refractivity contribution in [1.29, 1.82) is 0 Å². The van der Waals surface area contributed by atoms with Gasteiger partial charge in [-0.3, -0.25) is 9.59 Å². The first-order chi connectivity index (χ1) is 10.4. The third-order valence-electron chi connectivity index (χ3n) is 4.27. The van der Waals surface area contributed by atoms with Crippen molar-refractivity contribution >= 4 is 11.8 Å². The number of nitrogens with zero attached hydrogens (tertiary/aromatic N) is 1. The van der Waals surface area contributed by atoms with E-state index in [1.165, 1.54) is 4.90 Å². The molecule has 22 heavy (non-hydrogen) atoms. The Morgan fingerprint density at radius 2 is 1.77 bits per heavy atom. The zero-order valence-corrected chi connectivity index (χ0v) is 12.0. The van der Waals surface area contributed by atoms with Crippen molar-refractivity contribution < 1.29 is 34.8 Å². The lowest BCUT2D eigenvalue weighted by molar-refractivity contribution is -0.230. The molecule has 0 spiro atoms. The maximum atomic E-state index is 12.3. The average Bonchev–Trinajstić information content (AvgIpc) is 2.97. The fourth-order valence-electron chi connectivity index (χ4n) is 3.00. The maximum Gasteiger partial charge on any atom is 0.240 e. The summed E-state index contributed by atoms with van der Waals surface area (Å²) in [5.74, 6) is -1.01. The van der Waals surface area contributed by atoms with Crippen molar-refractivity contribution in [3.05, 3.63) is 0 Å². The number of carbonyl (C=O) groups is 2. The average molecular weight is 318 g/mol. The summed E-state index contributed by atoms with van der Waals surface area (Å²) in [5, 5.41) is 38.4.